The molecule has 2 N–H and O–H groups in total. The Labute approximate surface area is 175 Å². The SMILES string of the molecule is O[C@H](COc1ccc(Cl)cc1)CN1CCC(O)(c2cnc3ccccc3c2)CC1. The van der Waals surface area contributed by atoms with E-state index >= 15 is 0 Å². The molecule has 0 spiro atoms. The van der Waals surface area contributed by atoms with Crippen LogP contribution in [0.25, 0.3) is 10.9 Å². The Morgan fingerprint density at radius 2 is 1.83 bits per heavy atom. The molecule has 5 nitrogen and oxygen atoms in total. The normalized spacial score (nSPS) is 17.9. The van der Waals surface area contributed by atoms with Gasteiger partial charge in [-0.25, -0.2) is 0 Å². The van der Waals surface area contributed by atoms with E-state index in [1.807, 2.05) is 30.3 Å². The maximum Gasteiger partial charge on any atom is 0.119 e. The van der Waals surface area contributed by atoms with Crippen molar-refractivity contribution in [1.82, 2.24) is 9.88 Å². The minimum atomic E-state index is -0.877. The monoisotopic (exact) mass is 412 g/mol. The van der Waals surface area contributed by atoms with E-state index in [-0.39, 0.29) is 6.61 Å². The van der Waals surface area contributed by atoms with Gasteiger partial charge in [-0.2, -0.15) is 0 Å². The van der Waals surface area contributed by atoms with Crippen LogP contribution in [0.3, 0.4) is 0 Å². The first kappa shape index (κ1) is 20.1. The third kappa shape index (κ3) is 4.87. The summed E-state index contributed by atoms with van der Waals surface area (Å²) in [6.07, 6.45) is 2.40. The number of hydrogen-bond acceptors (Lipinski definition) is 5. The van der Waals surface area contributed by atoms with Gasteiger partial charge in [-0.1, -0.05) is 29.8 Å². The number of halogens is 1. The Morgan fingerprint density at radius 1 is 1.10 bits per heavy atom. The number of fused-ring (bicyclic) bond motifs is 1. The van der Waals surface area contributed by atoms with Crippen LogP contribution in [0.4, 0.5) is 0 Å². The molecule has 0 radical (unpaired) electrons. The van der Waals surface area contributed by atoms with Crippen molar-refractivity contribution >= 4 is 22.5 Å². The molecule has 1 saturated heterocycles. The Balaban J connectivity index is 1.30. The molecule has 0 aliphatic carbocycles. The van der Waals surface area contributed by atoms with E-state index in [1.165, 1.54) is 0 Å². The number of aromatic nitrogens is 1. The number of β-amino-alcohol motifs (C(OH)–C–C–N with tert-alkyl or cyclic N) is 1. The number of nitrogens with zero attached hydrogens (tertiary/aromatic N) is 2. The van der Waals surface area contributed by atoms with Crippen LogP contribution in [0.1, 0.15) is 18.4 Å². The molecular formula is C23H25ClN2O3. The predicted molar refractivity (Wildman–Crippen MR) is 114 cm³/mol. The van der Waals surface area contributed by atoms with Gasteiger partial charge in [-0.15, -0.1) is 0 Å². The summed E-state index contributed by atoms with van der Waals surface area (Å²) in [5.41, 5.74) is 0.918. The molecule has 0 unspecified atom stereocenters. The van der Waals surface area contributed by atoms with Crippen molar-refractivity contribution in [2.24, 2.45) is 0 Å². The largest absolute Gasteiger partial charge is 0.491 e. The zero-order chi connectivity index (χ0) is 20.3. The number of aliphatic hydroxyl groups excluding tert-OH is 1. The van der Waals surface area contributed by atoms with Crippen LogP contribution in [-0.4, -0.2) is 52.4 Å². The van der Waals surface area contributed by atoms with E-state index < -0.39 is 11.7 Å². The summed E-state index contributed by atoms with van der Waals surface area (Å²) >= 11 is 5.86. The van der Waals surface area contributed by atoms with Gasteiger partial charge < -0.3 is 19.8 Å². The molecule has 1 aliphatic heterocycles. The van der Waals surface area contributed by atoms with E-state index in [4.69, 9.17) is 16.3 Å². The van der Waals surface area contributed by atoms with Gasteiger partial charge in [0.15, 0.2) is 0 Å². The third-order valence-corrected chi connectivity index (χ3v) is 5.79. The van der Waals surface area contributed by atoms with Crippen LogP contribution in [-0.2, 0) is 5.60 Å². The molecule has 0 saturated carbocycles. The number of aliphatic hydroxyl groups is 2. The minimum absolute atomic E-state index is 0.219. The van der Waals surface area contributed by atoms with E-state index in [0.29, 0.717) is 43.2 Å². The Kier molecular flexibility index (Phi) is 6.01. The minimum Gasteiger partial charge on any atom is -0.491 e. The van der Waals surface area contributed by atoms with Crippen LogP contribution >= 0.6 is 11.6 Å². The Hall–Kier alpha value is -2.18. The molecule has 3 aromatic rings. The lowest BCUT2D eigenvalue weighted by molar-refractivity contribution is -0.0373. The first-order valence-corrected chi connectivity index (χ1v) is 10.3. The first-order chi connectivity index (χ1) is 14.0. The van der Waals surface area contributed by atoms with E-state index in [9.17, 15) is 10.2 Å². The molecule has 4 rings (SSSR count). The van der Waals surface area contributed by atoms with Gasteiger partial charge in [0, 0.05) is 41.8 Å². The van der Waals surface area contributed by atoms with Crippen molar-refractivity contribution in [3.8, 4) is 5.75 Å². The predicted octanol–water partition coefficient (Wildman–Crippen LogP) is 3.61. The molecular weight excluding hydrogens is 388 g/mol. The first-order valence-electron chi connectivity index (χ1n) is 9.88. The van der Waals surface area contributed by atoms with Gasteiger partial charge >= 0.3 is 0 Å². The molecule has 0 amide bonds. The van der Waals surface area contributed by atoms with Crippen LogP contribution in [0.15, 0.2) is 60.8 Å². The van der Waals surface area contributed by atoms with E-state index in [2.05, 4.69) is 9.88 Å². The lowest BCUT2D eigenvalue weighted by Crippen LogP contribution is -2.46. The van der Waals surface area contributed by atoms with Crippen molar-refractivity contribution in [1.29, 1.82) is 0 Å². The second-order valence-electron chi connectivity index (χ2n) is 7.67. The number of piperidine rings is 1. The number of rotatable bonds is 6. The van der Waals surface area contributed by atoms with E-state index in [0.717, 1.165) is 16.5 Å². The Bertz CT molecular complexity index is 956. The van der Waals surface area contributed by atoms with Crippen molar-refractivity contribution in [3.05, 3.63) is 71.4 Å². The molecule has 6 heteroatoms. The molecule has 29 heavy (non-hydrogen) atoms. The second kappa shape index (κ2) is 8.67. The van der Waals surface area contributed by atoms with Crippen molar-refractivity contribution in [2.45, 2.75) is 24.5 Å². The quantitative estimate of drug-likeness (QED) is 0.647. The number of benzene rings is 2. The standard InChI is InChI=1S/C23H25ClN2O3/c24-19-5-7-21(8-6-19)29-16-20(27)15-26-11-9-23(28,10-12-26)18-13-17-3-1-2-4-22(17)25-14-18/h1-8,13-14,20,27-28H,9-12,15-16H2/t20-/m0/s1. The van der Waals surface area contributed by atoms with Crippen LogP contribution in [0.2, 0.25) is 5.02 Å². The van der Waals surface area contributed by atoms with Gasteiger partial charge in [0.1, 0.15) is 18.5 Å². The third-order valence-electron chi connectivity index (χ3n) is 5.54. The maximum absolute atomic E-state index is 11.2. The molecule has 2 heterocycles. The fourth-order valence-electron chi connectivity index (χ4n) is 3.79. The van der Waals surface area contributed by atoms with Crippen molar-refractivity contribution in [3.63, 3.8) is 0 Å². The number of pyridine rings is 1. The highest BCUT2D eigenvalue weighted by Crippen LogP contribution is 2.33. The topological polar surface area (TPSA) is 65.8 Å². The smallest absolute Gasteiger partial charge is 0.119 e. The van der Waals surface area contributed by atoms with Crippen LogP contribution in [0, 0.1) is 0 Å². The molecule has 2 aromatic carbocycles. The average Bonchev–Trinajstić information content (AvgIpc) is 2.75. The summed E-state index contributed by atoms with van der Waals surface area (Å²) in [4.78, 5) is 6.65. The summed E-state index contributed by atoms with van der Waals surface area (Å²) in [7, 11) is 0. The summed E-state index contributed by atoms with van der Waals surface area (Å²) in [5, 5.41) is 23.2. The fraction of sp³-hybridized carbons (Fsp3) is 0.348. The van der Waals surface area contributed by atoms with Crippen molar-refractivity contribution in [2.75, 3.05) is 26.2 Å². The van der Waals surface area contributed by atoms with Gasteiger partial charge in [0.2, 0.25) is 0 Å². The van der Waals surface area contributed by atoms with Crippen molar-refractivity contribution < 1.29 is 14.9 Å². The highest BCUT2D eigenvalue weighted by Gasteiger charge is 2.34. The molecule has 1 atom stereocenters. The lowest BCUT2D eigenvalue weighted by Gasteiger charge is -2.39. The number of likely N-dealkylation sites (tertiary alicyclic amines) is 1. The number of ether oxygens (including phenoxy) is 1. The number of para-hydroxylation sites is 1. The summed E-state index contributed by atoms with van der Waals surface area (Å²) < 4.78 is 5.62. The van der Waals surface area contributed by atoms with Crippen LogP contribution < -0.4 is 4.74 Å². The summed E-state index contributed by atoms with van der Waals surface area (Å²) in [6.45, 7) is 2.15. The molecule has 152 valence electrons. The number of hydrogen-bond donors (Lipinski definition) is 2. The summed E-state index contributed by atoms with van der Waals surface area (Å²) in [5.74, 6) is 0.685. The van der Waals surface area contributed by atoms with Gasteiger partial charge in [0.25, 0.3) is 0 Å². The highest BCUT2D eigenvalue weighted by molar-refractivity contribution is 6.30. The molecule has 0 bridgehead atoms. The molecule has 1 fully saturated rings. The lowest BCUT2D eigenvalue weighted by atomic mass is 9.84. The van der Waals surface area contributed by atoms with E-state index in [1.54, 1.807) is 30.5 Å². The summed E-state index contributed by atoms with van der Waals surface area (Å²) in [6, 6.07) is 17.1. The van der Waals surface area contributed by atoms with Gasteiger partial charge in [0.05, 0.1) is 11.1 Å². The maximum atomic E-state index is 11.2. The molecule has 1 aliphatic rings. The average molecular weight is 413 g/mol. The van der Waals surface area contributed by atoms with Gasteiger partial charge in [-0.05, 0) is 49.2 Å². The zero-order valence-electron chi connectivity index (χ0n) is 16.2. The molecule has 1 aromatic heterocycles. The zero-order valence-corrected chi connectivity index (χ0v) is 16.9. The van der Waals surface area contributed by atoms with Crippen LogP contribution in [0.5, 0.6) is 5.75 Å². The highest BCUT2D eigenvalue weighted by atomic mass is 35.5. The second-order valence-corrected chi connectivity index (χ2v) is 8.10. The fourth-order valence-corrected chi connectivity index (χ4v) is 3.92. The Morgan fingerprint density at radius 3 is 2.59 bits per heavy atom. The van der Waals surface area contributed by atoms with Gasteiger partial charge in [-0.3, -0.25) is 4.98 Å².